The molecule has 0 saturated carbocycles. The van der Waals surface area contributed by atoms with Crippen molar-refractivity contribution >= 4 is 25.0 Å². The fourth-order valence-electron chi connectivity index (χ4n) is 8.26. The van der Waals surface area contributed by atoms with E-state index in [9.17, 15) is 4.79 Å². The number of aldehydes is 1. The first kappa shape index (κ1) is 33.3. The molecular weight excluding hydrogens is 564 g/mol. The van der Waals surface area contributed by atoms with Crippen LogP contribution in [-0.4, -0.2) is 44.5 Å². The molecule has 2 spiro atoms. The number of carbonyl (C=O) groups is 1. The van der Waals surface area contributed by atoms with Gasteiger partial charge in [-0.3, -0.25) is 0 Å². The summed E-state index contributed by atoms with van der Waals surface area (Å²) >= 11 is 0. The molecule has 5 rings (SSSR count). The predicted octanol–water partition coefficient (Wildman–Crippen LogP) is 7.42. The van der Waals surface area contributed by atoms with Crippen LogP contribution in [-0.2, 0) is 23.4 Å². The molecule has 0 radical (unpaired) electrons. The van der Waals surface area contributed by atoms with E-state index in [0.29, 0.717) is 31.8 Å². The fraction of sp³-hybridized carbons (Fsp3) is 0.605. The van der Waals surface area contributed by atoms with Crippen LogP contribution >= 0.6 is 0 Å². The van der Waals surface area contributed by atoms with Gasteiger partial charge < -0.3 is 23.4 Å². The SMILES string of the molecule is CC[C@@H](CO[Si](c1ccccc1)(c1ccccc1)C(C)(C)C)[C@H]1O[C@]2(C=CC[C@]3(O[C@](C=O)(CC)C[C@H]3C)O2)[C@H](C)C[C@@H]1C. The monoisotopic (exact) mass is 618 g/mol. The van der Waals surface area contributed by atoms with Crippen molar-refractivity contribution in [2.45, 2.75) is 116 Å². The number of ether oxygens (including phenoxy) is 3. The second-order valence-electron chi connectivity index (χ2n) is 14.8. The van der Waals surface area contributed by atoms with Crippen molar-refractivity contribution in [3.8, 4) is 0 Å². The van der Waals surface area contributed by atoms with Crippen molar-refractivity contribution in [3.63, 3.8) is 0 Å². The van der Waals surface area contributed by atoms with Gasteiger partial charge in [-0.15, -0.1) is 0 Å². The Kier molecular flexibility index (Phi) is 9.53. The van der Waals surface area contributed by atoms with Crippen LogP contribution in [0, 0.1) is 23.7 Å². The van der Waals surface area contributed by atoms with Crippen LogP contribution < -0.4 is 10.4 Å². The topological polar surface area (TPSA) is 54.0 Å². The molecule has 6 heteroatoms. The molecule has 5 nitrogen and oxygen atoms in total. The molecule has 44 heavy (non-hydrogen) atoms. The molecule has 0 aromatic heterocycles. The highest BCUT2D eigenvalue weighted by molar-refractivity contribution is 6.99. The molecule has 2 aromatic carbocycles. The molecule has 0 N–H and O–H groups in total. The van der Waals surface area contributed by atoms with Gasteiger partial charge in [-0.1, -0.05) is 122 Å². The Bertz CT molecular complexity index is 1250. The van der Waals surface area contributed by atoms with Crippen molar-refractivity contribution < 1.29 is 23.4 Å². The normalized spacial score (nSPS) is 34.8. The van der Waals surface area contributed by atoms with E-state index in [1.54, 1.807) is 0 Å². The largest absolute Gasteiger partial charge is 0.407 e. The lowest BCUT2D eigenvalue weighted by atomic mass is 9.77. The lowest BCUT2D eigenvalue weighted by Crippen LogP contribution is -2.67. The van der Waals surface area contributed by atoms with Gasteiger partial charge in [0.2, 0.25) is 0 Å². The molecule has 2 saturated heterocycles. The summed E-state index contributed by atoms with van der Waals surface area (Å²) in [5, 5.41) is 2.49. The summed E-state index contributed by atoms with van der Waals surface area (Å²) in [5.74, 6) is -1.04. The average molecular weight is 619 g/mol. The molecule has 240 valence electrons. The van der Waals surface area contributed by atoms with Crippen molar-refractivity contribution in [2.24, 2.45) is 23.7 Å². The summed E-state index contributed by atoms with van der Waals surface area (Å²) in [6.07, 6.45) is 9.05. The highest BCUT2D eigenvalue weighted by atomic mass is 28.4. The van der Waals surface area contributed by atoms with Crippen LogP contribution in [0.1, 0.15) is 87.5 Å². The van der Waals surface area contributed by atoms with Crippen LogP contribution in [0.3, 0.4) is 0 Å². The van der Waals surface area contributed by atoms with E-state index >= 15 is 0 Å². The molecule has 0 unspecified atom stereocenters. The third-order valence-electron chi connectivity index (χ3n) is 10.9. The molecule has 0 bridgehead atoms. The Morgan fingerprint density at radius 3 is 2.07 bits per heavy atom. The Balaban J connectivity index is 1.45. The van der Waals surface area contributed by atoms with E-state index in [1.165, 1.54) is 10.4 Å². The molecule has 2 aromatic rings. The maximum absolute atomic E-state index is 12.2. The summed E-state index contributed by atoms with van der Waals surface area (Å²) < 4.78 is 28.2. The first-order valence-corrected chi connectivity index (χ1v) is 18.8. The summed E-state index contributed by atoms with van der Waals surface area (Å²) in [4.78, 5) is 12.2. The first-order chi connectivity index (χ1) is 20.9. The van der Waals surface area contributed by atoms with Gasteiger partial charge in [0.15, 0.2) is 17.9 Å². The molecule has 3 aliphatic rings. The zero-order valence-electron chi connectivity index (χ0n) is 28.2. The Labute approximate surface area is 266 Å². The third kappa shape index (κ3) is 5.70. The van der Waals surface area contributed by atoms with Crippen molar-refractivity contribution in [1.82, 2.24) is 0 Å². The second kappa shape index (κ2) is 12.6. The lowest BCUT2D eigenvalue weighted by Gasteiger charge is -2.54. The maximum Gasteiger partial charge on any atom is 0.261 e. The van der Waals surface area contributed by atoms with Gasteiger partial charge >= 0.3 is 0 Å². The zero-order valence-corrected chi connectivity index (χ0v) is 29.2. The number of hydrogen-bond donors (Lipinski definition) is 0. The molecule has 3 aliphatic heterocycles. The second-order valence-corrected chi connectivity index (χ2v) is 19.1. The van der Waals surface area contributed by atoms with Crippen LogP contribution in [0.4, 0.5) is 0 Å². The van der Waals surface area contributed by atoms with Crippen LogP contribution in [0.5, 0.6) is 0 Å². The van der Waals surface area contributed by atoms with E-state index in [2.05, 4.69) is 121 Å². The Morgan fingerprint density at radius 1 is 0.955 bits per heavy atom. The van der Waals surface area contributed by atoms with Gasteiger partial charge in [0.05, 0.1) is 6.10 Å². The van der Waals surface area contributed by atoms with Gasteiger partial charge in [0.25, 0.3) is 8.32 Å². The smallest absolute Gasteiger partial charge is 0.261 e. The average Bonchev–Trinajstić information content (AvgIpc) is 3.28. The van der Waals surface area contributed by atoms with Gasteiger partial charge in [0, 0.05) is 30.8 Å². The van der Waals surface area contributed by atoms with Crippen molar-refractivity contribution in [3.05, 3.63) is 72.8 Å². The summed E-state index contributed by atoms with van der Waals surface area (Å²) in [5.41, 5.74) is -0.800. The quantitative estimate of drug-likeness (QED) is 0.166. The minimum Gasteiger partial charge on any atom is -0.407 e. The minimum atomic E-state index is -2.69. The van der Waals surface area contributed by atoms with Crippen molar-refractivity contribution in [1.29, 1.82) is 0 Å². The van der Waals surface area contributed by atoms with E-state index in [1.807, 2.05) is 6.92 Å². The number of carbonyl (C=O) groups excluding carboxylic acids is 1. The highest BCUT2D eigenvalue weighted by Gasteiger charge is 2.61. The van der Waals surface area contributed by atoms with Crippen LogP contribution in [0.25, 0.3) is 0 Å². The molecule has 8 atom stereocenters. The maximum atomic E-state index is 12.2. The van der Waals surface area contributed by atoms with Crippen LogP contribution in [0.2, 0.25) is 5.04 Å². The third-order valence-corrected chi connectivity index (χ3v) is 15.9. The van der Waals surface area contributed by atoms with Gasteiger partial charge in [-0.25, -0.2) is 0 Å². The van der Waals surface area contributed by atoms with E-state index in [4.69, 9.17) is 18.6 Å². The van der Waals surface area contributed by atoms with E-state index in [-0.39, 0.29) is 28.9 Å². The summed E-state index contributed by atoms with van der Waals surface area (Å²) in [6.45, 7) is 18.5. The molecule has 0 aliphatic carbocycles. The number of hydrogen-bond acceptors (Lipinski definition) is 5. The summed E-state index contributed by atoms with van der Waals surface area (Å²) in [6, 6.07) is 21.7. The standard InChI is InChI=1S/C38H54O5Si/c1-9-31(26-40-44(35(6,7)8,32-18-13-11-14-19-32)33-20-15-12-16-21-33)34-28(3)24-29(4)37(41-34)22-17-23-38(43-37)30(5)25-36(10-2,27-39)42-38/h11-22,27-31,34H,9-10,23-26H2,1-8H3/t28-,29+,30+,31-,34-,36+,37-,38-/m0/s1. The number of rotatable bonds is 9. The first-order valence-electron chi connectivity index (χ1n) is 16.9. The van der Waals surface area contributed by atoms with Gasteiger partial charge in [-0.05, 0) is 53.1 Å². The molecule has 2 fully saturated rings. The minimum absolute atomic E-state index is 0.0482. The molecule has 3 heterocycles. The Hall–Kier alpha value is -2.09. The highest BCUT2D eigenvalue weighted by Crippen LogP contribution is 2.54. The fourth-order valence-corrected chi connectivity index (χ4v) is 12.9. The van der Waals surface area contributed by atoms with Gasteiger partial charge in [0.1, 0.15) is 5.60 Å². The van der Waals surface area contributed by atoms with Crippen molar-refractivity contribution in [2.75, 3.05) is 6.61 Å². The lowest BCUT2D eigenvalue weighted by molar-refractivity contribution is -0.394. The summed E-state index contributed by atoms with van der Waals surface area (Å²) in [7, 11) is -2.69. The predicted molar refractivity (Wildman–Crippen MR) is 179 cm³/mol. The van der Waals surface area contributed by atoms with E-state index in [0.717, 1.165) is 19.1 Å². The Morgan fingerprint density at radius 2 is 1.57 bits per heavy atom. The molecule has 0 amide bonds. The molecular formula is C38H54O5Si. The van der Waals surface area contributed by atoms with E-state index < -0.39 is 25.5 Å². The number of benzene rings is 2. The zero-order chi connectivity index (χ0) is 31.8. The van der Waals surface area contributed by atoms with Crippen LogP contribution in [0.15, 0.2) is 72.8 Å². The van der Waals surface area contributed by atoms with Gasteiger partial charge in [-0.2, -0.15) is 0 Å².